The first-order valence-electron chi connectivity index (χ1n) is 6.89. The van der Waals surface area contributed by atoms with Crippen molar-refractivity contribution < 1.29 is 39.5 Å². The first-order chi connectivity index (χ1) is 11.9. The van der Waals surface area contributed by atoms with E-state index in [1.54, 1.807) is 0 Å². The largest absolute Gasteiger partial charge is 0.573 e. The van der Waals surface area contributed by atoms with Gasteiger partial charge in [-0.2, -0.15) is 13.2 Å². The van der Waals surface area contributed by atoms with Crippen LogP contribution in [0.25, 0.3) is 0 Å². The van der Waals surface area contributed by atoms with Gasteiger partial charge in [0.25, 0.3) is 0 Å². The minimum absolute atomic E-state index is 0.291. The molecule has 142 valence electrons. The Morgan fingerprint density at radius 2 is 1.46 bits per heavy atom. The Hall–Kier alpha value is -2.27. The molecule has 0 atom stereocenters. The van der Waals surface area contributed by atoms with Crippen LogP contribution in [0.4, 0.5) is 26.3 Å². The monoisotopic (exact) mass is 399 g/mol. The van der Waals surface area contributed by atoms with Gasteiger partial charge < -0.3 is 4.74 Å². The van der Waals surface area contributed by atoms with E-state index in [1.807, 2.05) is 4.72 Å². The summed E-state index contributed by atoms with van der Waals surface area (Å²) in [6.45, 7) is -0.640. The molecule has 2 aromatic rings. The lowest BCUT2D eigenvalue weighted by Crippen LogP contribution is -2.25. The molecule has 2 aromatic carbocycles. The number of halogens is 6. The summed E-state index contributed by atoms with van der Waals surface area (Å²) in [4.78, 5) is -0.420. The lowest BCUT2D eigenvalue weighted by Gasteiger charge is -2.14. The SMILES string of the molecule is O=S(=O)(NCc1ccccc1C(F)(F)F)c1ccc(OC(F)(F)F)cc1. The molecule has 0 fully saturated rings. The Morgan fingerprint density at radius 1 is 0.885 bits per heavy atom. The van der Waals surface area contributed by atoms with Crippen LogP contribution < -0.4 is 9.46 Å². The number of benzene rings is 2. The van der Waals surface area contributed by atoms with Gasteiger partial charge in [-0.25, -0.2) is 13.1 Å². The molecule has 0 bridgehead atoms. The van der Waals surface area contributed by atoms with Crippen LogP contribution in [0.1, 0.15) is 11.1 Å². The van der Waals surface area contributed by atoms with Crippen molar-refractivity contribution in [3.05, 3.63) is 59.7 Å². The number of ether oxygens (including phenoxy) is 1. The summed E-state index contributed by atoms with van der Waals surface area (Å²) in [6, 6.07) is 7.68. The molecule has 26 heavy (non-hydrogen) atoms. The molecular formula is C15H11F6NO3S. The zero-order valence-corrected chi connectivity index (χ0v) is 13.5. The molecule has 4 nitrogen and oxygen atoms in total. The molecule has 2 rings (SSSR count). The number of rotatable bonds is 5. The fourth-order valence-corrected chi connectivity index (χ4v) is 3.03. The maximum Gasteiger partial charge on any atom is 0.573 e. The third-order valence-electron chi connectivity index (χ3n) is 3.14. The third kappa shape index (κ3) is 5.36. The van der Waals surface area contributed by atoms with E-state index in [4.69, 9.17) is 0 Å². The highest BCUT2D eigenvalue weighted by molar-refractivity contribution is 7.89. The van der Waals surface area contributed by atoms with Gasteiger partial charge in [0.2, 0.25) is 10.0 Å². The van der Waals surface area contributed by atoms with Gasteiger partial charge in [-0.05, 0) is 35.9 Å². The van der Waals surface area contributed by atoms with Gasteiger partial charge in [-0.3, -0.25) is 0 Å². The molecule has 0 amide bonds. The zero-order chi connectivity index (χ0) is 19.6. The Kier molecular flexibility index (Phi) is 5.52. The highest BCUT2D eigenvalue weighted by Gasteiger charge is 2.33. The van der Waals surface area contributed by atoms with Crippen molar-refractivity contribution >= 4 is 10.0 Å². The van der Waals surface area contributed by atoms with E-state index in [-0.39, 0.29) is 5.56 Å². The summed E-state index contributed by atoms with van der Waals surface area (Å²) >= 11 is 0. The van der Waals surface area contributed by atoms with Crippen LogP contribution in [0.3, 0.4) is 0 Å². The predicted molar refractivity (Wildman–Crippen MR) is 78.6 cm³/mol. The summed E-state index contributed by atoms with van der Waals surface area (Å²) in [5, 5.41) is 0. The highest BCUT2D eigenvalue weighted by atomic mass is 32.2. The first kappa shape index (κ1) is 20.0. The first-order valence-corrected chi connectivity index (χ1v) is 8.37. The average Bonchev–Trinajstić information content (AvgIpc) is 2.51. The molecule has 0 saturated carbocycles. The smallest absolute Gasteiger partial charge is 0.406 e. The van der Waals surface area contributed by atoms with E-state index < -0.39 is 45.3 Å². The maximum absolute atomic E-state index is 12.9. The van der Waals surface area contributed by atoms with Crippen LogP contribution in [0, 0.1) is 0 Å². The molecule has 0 aliphatic heterocycles. The van der Waals surface area contributed by atoms with Crippen LogP contribution in [-0.2, 0) is 22.7 Å². The van der Waals surface area contributed by atoms with Gasteiger partial charge >= 0.3 is 12.5 Å². The van der Waals surface area contributed by atoms with Crippen molar-refractivity contribution in [1.82, 2.24) is 4.72 Å². The molecule has 0 aliphatic carbocycles. The Balaban J connectivity index is 2.15. The summed E-state index contributed by atoms with van der Waals surface area (Å²) in [5.74, 6) is -0.626. The number of hydrogen-bond acceptors (Lipinski definition) is 3. The maximum atomic E-state index is 12.9. The molecule has 0 unspecified atom stereocenters. The number of nitrogens with one attached hydrogen (secondary N) is 1. The number of alkyl halides is 6. The van der Waals surface area contributed by atoms with Crippen molar-refractivity contribution in [2.75, 3.05) is 0 Å². The normalized spacial score (nSPS) is 12.8. The van der Waals surface area contributed by atoms with E-state index in [9.17, 15) is 34.8 Å². The molecule has 0 aliphatic rings. The fourth-order valence-electron chi connectivity index (χ4n) is 2.03. The predicted octanol–water partition coefficient (Wildman–Crippen LogP) is 4.08. The number of hydrogen-bond donors (Lipinski definition) is 1. The second kappa shape index (κ2) is 7.16. The van der Waals surface area contributed by atoms with Crippen molar-refractivity contribution in [2.45, 2.75) is 24.0 Å². The fraction of sp³-hybridized carbons (Fsp3) is 0.200. The summed E-state index contributed by atoms with van der Waals surface area (Å²) in [6.07, 6.45) is -9.58. The second-order valence-electron chi connectivity index (χ2n) is 5.00. The van der Waals surface area contributed by atoms with E-state index in [1.165, 1.54) is 12.1 Å². The van der Waals surface area contributed by atoms with Crippen molar-refractivity contribution in [2.24, 2.45) is 0 Å². The van der Waals surface area contributed by atoms with Gasteiger partial charge in [0, 0.05) is 6.54 Å². The molecule has 0 saturated heterocycles. The minimum atomic E-state index is -4.93. The third-order valence-corrected chi connectivity index (χ3v) is 4.56. The zero-order valence-electron chi connectivity index (χ0n) is 12.7. The van der Waals surface area contributed by atoms with E-state index in [0.29, 0.717) is 0 Å². The van der Waals surface area contributed by atoms with Crippen molar-refractivity contribution in [3.63, 3.8) is 0 Å². The molecule has 0 spiro atoms. The standard InChI is InChI=1S/C15H11F6NO3S/c16-14(17,18)13-4-2-1-3-10(13)9-22-26(23,24)12-7-5-11(6-8-12)25-15(19,20)21/h1-8,22H,9H2. The van der Waals surface area contributed by atoms with Crippen molar-refractivity contribution in [3.8, 4) is 5.75 Å². The second-order valence-corrected chi connectivity index (χ2v) is 6.77. The van der Waals surface area contributed by atoms with E-state index >= 15 is 0 Å². The topological polar surface area (TPSA) is 55.4 Å². The van der Waals surface area contributed by atoms with Crippen LogP contribution in [0.15, 0.2) is 53.4 Å². The number of sulfonamides is 1. The van der Waals surface area contributed by atoms with Crippen LogP contribution >= 0.6 is 0 Å². The summed E-state index contributed by atoms with van der Waals surface area (Å²) in [7, 11) is -4.24. The Bertz CT molecular complexity index is 860. The molecule has 11 heteroatoms. The molecule has 0 aromatic heterocycles. The van der Waals surface area contributed by atoms with Gasteiger partial charge in [-0.15, -0.1) is 13.2 Å². The molecular weight excluding hydrogens is 388 g/mol. The lowest BCUT2D eigenvalue weighted by molar-refractivity contribution is -0.274. The van der Waals surface area contributed by atoms with Gasteiger partial charge in [0.1, 0.15) is 5.75 Å². The van der Waals surface area contributed by atoms with Crippen LogP contribution in [0.2, 0.25) is 0 Å². The summed E-state index contributed by atoms with van der Waals surface area (Å²) in [5.41, 5.74) is -1.28. The van der Waals surface area contributed by atoms with Crippen LogP contribution in [0.5, 0.6) is 5.75 Å². The Morgan fingerprint density at radius 3 is 2.00 bits per heavy atom. The minimum Gasteiger partial charge on any atom is -0.406 e. The van der Waals surface area contributed by atoms with E-state index in [2.05, 4.69) is 4.74 Å². The van der Waals surface area contributed by atoms with Gasteiger partial charge in [-0.1, -0.05) is 18.2 Å². The molecule has 0 radical (unpaired) electrons. The van der Waals surface area contributed by atoms with Gasteiger partial charge in [0.15, 0.2) is 0 Å². The van der Waals surface area contributed by atoms with Gasteiger partial charge in [0.05, 0.1) is 10.5 Å². The van der Waals surface area contributed by atoms with E-state index in [0.717, 1.165) is 36.4 Å². The molecule has 0 heterocycles. The van der Waals surface area contributed by atoms with Crippen LogP contribution in [-0.4, -0.2) is 14.8 Å². The van der Waals surface area contributed by atoms with Crippen molar-refractivity contribution in [1.29, 1.82) is 0 Å². The summed E-state index contributed by atoms with van der Waals surface area (Å²) < 4.78 is 105. The molecule has 1 N–H and O–H groups in total. The highest BCUT2D eigenvalue weighted by Crippen LogP contribution is 2.32. The lowest BCUT2D eigenvalue weighted by atomic mass is 10.1. The Labute approximate surface area is 144 Å². The quantitative estimate of drug-likeness (QED) is 0.771. The average molecular weight is 399 g/mol.